The van der Waals surface area contributed by atoms with Gasteiger partial charge in [-0.1, -0.05) is 47.6 Å². The molecule has 0 bridgehead atoms. The Morgan fingerprint density at radius 2 is 1.54 bits per heavy atom. The summed E-state index contributed by atoms with van der Waals surface area (Å²) in [6.45, 7) is 10.9. The number of nitrogens with zero attached hydrogens (tertiary/aromatic N) is 3. The number of esters is 1. The number of rotatable bonds is 11. The molecule has 0 aromatic heterocycles. The first-order chi connectivity index (χ1) is 22.4. The number of hydrogen-bond donors (Lipinski definition) is 0. The lowest BCUT2D eigenvalue weighted by Crippen LogP contribution is -2.61. The van der Waals surface area contributed by atoms with Crippen LogP contribution in [-0.4, -0.2) is 73.2 Å². The summed E-state index contributed by atoms with van der Waals surface area (Å²) in [5.41, 5.74) is 3.08. The van der Waals surface area contributed by atoms with Gasteiger partial charge in [0.15, 0.2) is 5.60 Å². The van der Waals surface area contributed by atoms with Gasteiger partial charge in [-0.3, -0.25) is 9.69 Å². The second kappa shape index (κ2) is 13.7. The third kappa shape index (κ3) is 6.70. The Labute approximate surface area is 271 Å². The Morgan fingerprint density at radius 1 is 0.891 bits per heavy atom. The molecule has 0 N–H and O–H groups in total. The van der Waals surface area contributed by atoms with Gasteiger partial charge in [0.1, 0.15) is 23.2 Å². The standard InChI is InChI=1S/C37H44FN3O5/c1-4-43-31-20-28(21-32(44-5-2)34(31)29-12-14-30(38)15-13-29)24-40-25-37(26-40)23-33(39-46-37)41-18-16-36(17-19-41,35(42)45-6-3)22-27-10-8-7-9-11-27/h7-15,20-21H,4-6,16-19,22-26H2,1-3H3. The van der Waals surface area contributed by atoms with Crippen LogP contribution in [0.5, 0.6) is 11.5 Å². The molecule has 3 aromatic rings. The van der Waals surface area contributed by atoms with Gasteiger partial charge in [0, 0.05) is 32.7 Å². The predicted octanol–water partition coefficient (Wildman–Crippen LogP) is 6.47. The molecule has 0 saturated carbocycles. The molecular weight excluding hydrogens is 585 g/mol. The maximum absolute atomic E-state index is 13.7. The number of hydrogen-bond acceptors (Lipinski definition) is 8. The highest BCUT2D eigenvalue weighted by atomic mass is 19.1. The van der Waals surface area contributed by atoms with Crippen LogP contribution in [0.2, 0.25) is 0 Å². The van der Waals surface area contributed by atoms with Crippen LogP contribution in [0.3, 0.4) is 0 Å². The van der Waals surface area contributed by atoms with E-state index >= 15 is 0 Å². The average Bonchev–Trinajstić information content (AvgIpc) is 3.48. The van der Waals surface area contributed by atoms with Crippen LogP contribution in [0.1, 0.15) is 51.2 Å². The lowest BCUT2D eigenvalue weighted by atomic mass is 9.73. The van der Waals surface area contributed by atoms with Crippen LogP contribution >= 0.6 is 0 Å². The van der Waals surface area contributed by atoms with Gasteiger partial charge < -0.3 is 23.9 Å². The summed E-state index contributed by atoms with van der Waals surface area (Å²) in [6, 6.07) is 20.8. The van der Waals surface area contributed by atoms with E-state index in [1.54, 1.807) is 12.1 Å². The van der Waals surface area contributed by atoms with Crippen molar-refractivity contribution in [3.05, 3.63) is 83.7 Å². The van der Waals surface area contributed by atoms with Gasteiger partial charge in [-0.15, -0.1) is 0 Å². The first-order valence-corrected chi connectivity index (χ1v) is 16.5. The molecule has 244 valence electrons. The summed E-state index contributed by atoms with van der Waals surface area (Å²) >= 11 is 0. The molecule has 8 nitrogen and oxygen atoms in total. The van der Waals surface area contributed by atoms with E-state index in [1.807, 2.05) is 39.0 Å². The fourth-order valence-electron chi connectivity index (χ4n) is 7.07. The minimum absolute atomic E-state index is 0.0973. The predicted molar refractivity (Wildman–Crippen MR) is 175 cm³/mol. The fourth-order valence-corrected chi connectivity index (χ4v) is 7.07. The molecule has 9 heteroatoms. The first kappa shape index (κ1) is 31.9. The lowest BCUT2D eigenvalue weighted by Gasteiger charge is -2.46. The summed E-state index contributed by atoms with van der Waals surface area (Å²) in [5.74, 6) is 2.05. The Bertz CT molecular complexity index is 1500. The van der Waals surface area contributed by atoms with E-state index < -0.39 is 5.41 Å². The van der Waals surface area contributed by atoms with Crippen molar-refractivity contribution >= 4 is 11.8 Å². The Morgan fingerprint density at radius 3 is 2.15 bits per heavy atom. The highest BCUT2D eigenvalue weighted by Crippen LogP contribution is 2.43. The second-order valence-electron chi connectivity index (χ2n) is 12.6. The van der Waals surface area contributed by atoms with Gasteiger partial charge in [0.05, 0.1) is 37.2 Å². The third-order valence-corrected chi connectivity index (χ3v) is 9.29. The molecule has 6 rings (SSSR count). The van der Waals surface area contributed by atoms with Gasteiger partial charge >= 0.3 is 5.97 Å². The quantitative estimate of drug-likeness (QED) is 0.225. The highest BCUT2D eigenvalue weighted by molar-refractivity contribution is 5.85. The maximum atomic E-state index is 13.7. The molecule has 3 aliphatic rings. The molecule has 0 unspecified atom stereocenters. The van der Waals surface area contributed by atoms with E-state index in [-0.39, 0.29) is 17.4 Å². The Kier molecular flexibility index (Phi) is 9.49. The molecule has 0 aliphatic carbocycles. The van der Waals surface area contributed by atoms with Crippen LogP contribution in [0, 0.1) is 11.2 Å². The molecule has 2 saturated heterocycles. The van der Waals surface area contributed by atoms with E-state index in [2.05, 4.69) is 39.2 Å². The van der Waals surface area contributed by atoms with Gasteiger partial charge in [-0.2, -0.15) is 0 Å². The Balaban J connectivity index is 1.08. The molecule has 3 heterocycles. The summed E-state index contributed by atoms with van der Waals surface area (Å²) in [4.78, 5) is 23.9. The molecule has 46 heavy (non-hydrogen) atoms. The van der Waals surface area contributed by atoms with E-state index in [1.165, 1.54) is 12.1 Å². The number of piperidine rings is 1. The molecular formula is C37H44FN3O5. The van der Waals surface area contributed by atoms with Gasteiger partial charge in [-0.25, -0.2) is 4.39 Å². The van der Waals surface area contributed by atoms with Crippen molar-refractivity contribution in [2.24, 2.45) is 10.6 Å². The van der Waals surface area contributed by atoms with Gasteiger partial charge in [0.25, 0.3) is 0 Å². The molecule has 0 atom stereocenters. The average molecular weight is 630 g/mol. The number of benzene rings is 3. The van der Waals surface area contributed by atoms with Crippen molar-refractivity contribution in [2.45, 2.75) is 58.6 Å². The number of oxime groups is 1. The highest BCUT2D eigenvalue weighted by Gasteiger charge is 2.52. The van der Waals surface area contributed by atoms with E-state index in [4.69, 9.17) is 19.0 Å². The zero-order valence-electron chi connectivity index (χ0n) is 27.1. The zero-order chi connectivity index (χ0) is 32.1. The van der Waals surface area contributed by atoms with Crippen molar-refractivity contribution in [1.29, 1.82) is 0 Å². The summed E-state index contributed by atoms with van der Waals surface area (Å²) in [5, 5.41) is 4.55. The van der Waals surface area contributed by atoms with Crippen LogP contribution in [0.25, 0.3) is 11.1 Å². The zero-order valence-corrected chi connectivity index (χ0v) is 27.1. The van der Waals surface area contributed by atoms with Crippen LogP contribution in [0.4, 0.5) is 4.39 Å². The molecule has 3 aromatic carbocycles. The number of carbonyl (C=O) groups excluding carboxylic acids is 1. The number of carbonyl (C=O) groups is 1. The first-order valence-electron chi connectivity index (χ1n) is 16.5. The normalized spacial score (nSPS) is 18.4. The summed E-state index contributed by atoms with van der Waals surface area (Å²) < 4.78 is 31.4. The number of halogens is 1. The molecule has 2 fully saturated rings. The summed E-state index contributed by atoms with van der Waals surface area (Å²) in [7, 11) is 0. The van der Waals surface area contributed by atoms with Crippen molar-refractivity contribution in [1.82, 2.24) is 9.80 Å². The minimum atomic E-state index is -0.522. The number of amidine groups is 1. The van der Waals surface area contributed by atoms with Gasteiger partial charge in [-0.05, 0) is 81.0 Å². The number of likely N-dealkylation sites (tertiary alicyclic amines) is 2. The van der Waals surface area contributed by atoms with Crippen LogP contribution < -0.4 is 9.47 Å². The van der Waals surface area contributed by atoms with Crippen molar-refractivity contribution < 1.29 is 28.2 Å². The monoisotopic (exact) mass is 629 g/mol. The SMILES string of the molecule is CCOC(=O)C1(Cc2ccccc2)CCN(C2=NOC3(C2)CN(Cc2cc(OCC)c(-c4ccc(F)cc4)c(OCC)c2)C3)CC1. The molecule has 0 amide bonds. The topological polar surface area (TPSA) is 72.8 Å². The fraction of sp³-hybridized carbons (Fsp3) is 0.459. The smallest absolute Gasteiger partial charge is 0.312 e. The Hall–Kier alpha value is -4.11. The number of ether oxygens (including phenoxy) is 3. The van der Waals surface area contributed by atoms with Crippen molar-refractivity contribution in [2.75, 3.05) is 46.0 Å². The molecule has 1 spiro atoms. The third-order valence-electron chi connectivity index (χ3n) is 9.29. The minimum Gasteiger partial charge on any atom is -0.493 e. The van der Waals surface area contributed by atoms with Gasteiger partial charge in [0.2, 0.25) is 0 Å². The maximum Gasteiger partial charge on any atom is 0.312 e. The van der Waals surface area contributed by atoms with Crippen LogP contribution in [-0.2, 0) is 27.3 Å². The van der Waals surface area contributed by atoms with Crippen molar-refractivity contribution in [3.8, 4) is 22.6 Å². The lowest BCUT2D eigenvalue weighted by molar-refractivity contribution is -0.158. The van der Waals surface area contributed by atoms with E-state index in [0.29, 0.717) is 26.2 Å². The van der Waals surface area contributed by atoms with E-state index in [9.17, 15) is 9.18 Å². The van der Waals surface area contributed by atoms with E-state index in [0.717, 1.165) is 91.6 Å². The van der Waals surface area contributed by atoms with Crippen molar-refractivity contribution in [3.63, 3.8) is 0 Å². The van der Waals surface area contributed by atoms with Crippen LogP contribution in [0.15, 0.2) is 71.9 Å². The molecule has 0 radical (unpaired) electrons. The molecule has 3 aliphatic heterocycles. The summed E-state index contributed by atoms with van der Waals surface area (Å²) in [6.07, 6.45) is 2.88. The second-order valence-corrected chi connectivity index (χ2v) is 12.6. The largest absolute Gasteiger partial charge is 0.493 e.